The lowest BCUT2D eigenvalue weighted by Crippen LogP contribution is -2.53. The molecular formula is C20H30N4O4. The molecule has 3 rings (SSSR count). The molecule has 2 unspecified atom stereocenters. The molecule has 1 aromatic carbocycles. The van der Waals surface area contributed by atoms with Crippen molar-refractivity contribution in [3.05, 3.63) is 29.8 Å². The monoisotopic (exact) mass is 390 g/mol. The Morgan fingerprint density at radius 2 is 2.04 bits per heavy atom. The van der Waals surface area contributed by atoms with Crippen molar-refractivity contribution in [2.45, 2.75) is 38.5 Å². The number of guanidine groups is 1. The molecule has 28 heavy (non-hydrogen) atoms. The molecule has 1 amide bonds. The van der Waals surface area contributed by atoms with Crippen LogP contribution >= 0.6 is 0 Å². The van der Waals surface area contributed by atoms with Crippen LogP contribution in [0.1, 0.15) is 25.3 Å². The maximum Gasteiger partial charge on any atom is 0.411 e. The molecule has 0 aliphatic carbocycles. The van der Waals surface area contributed by atoms with E-state index in [0.717, 1.165) is 50.6 Å². The summed E-state index contributed by atoms with van der Waals surface area (Å²) in [6, 6.07) is 7.59. The number of ether oxygens (including phenoxy) is 3. The van der Waals surface area contributed by atoms with E-state index in [4.69, 9.17) is 14.5 Å². The van der Waals surface area contributed by atoms with Crippen LogP contribution in [0, 0.1) is 0 Å². The zero-order valence-electron chi connectivity index (χ0n) is 16.6. The van der Waals surface area contributed by atoms with Crippen molar-refractivity contribution in [2.24, 2.45) is 4.99 Å². The Bertz CT molecular complexity index is 659. The first-order chi connectivity index (χ1) is 13.7. The Kier molecular flexibility index (Phi) is 7.50. The number of morpholine rings is 1. The third kappa shape index (κ3) is 5.59. The van der Waals surface area contributed by atoms with Crippen LogP contribution in [-0.4, -0.2) is 69.1 Å². The lowest BCUT2D eigenvalue weighted by Gasteiger charge is -2.37. The number of benzene rings is 1. The lowest BCUT2D eigenvalue weighted by atomic mass is 10.1. The largest absolute Gasteiger partial charge is 0.453 e. The van der Waals surface area contributed by atoms with Crippen LogP contribution in [0.15, 0.2) is 29.3 Å². The van der Waals surface area contributed by atoms with Gasteiger partial charge < -0.3 is 24.4 Å². The molecule has 1 aromatic rings. The summed E-state index contributed by atoms with van der Waals surface area (Å²) in [5.74, 6) is 0.894. The second-order valence-electron chi connectivity index (χ2n) is 6.89. The second kappa shape index (κ2) is 10.3. The number of carbonyl (C=O) groups excluding carboxylic acids is 1. The van der Waals surface area contributed by atoms with E-state index >= 15 is 0 Å². The van der Waals surface area contributed by atoms with E-state index in [2.05, 4.69) is 27.2 Å². The maximum atomic E-state index is 11.3. The van der Waals surface area contributed by atoms with E-state index in [1.165, 1.54) is 7.11 Å². The number of carbonyl (C=O) groups is 1. The van der Waals surface area contributed by atoms with Crippen molar-refractivity contribution in [3.63, 3.8) is 0 Å². The summed E-state index contributed by atoms with van der Waals surface area (Å²) < 4.78 is 16.3. The number of amides is 1. The van der Waals surface area contributed by atoms with Crippen LogP contribution in [0.5, 0.6) is 0 Å². The fraction of sp³-hybridized carbons (Fsp3) is 0.600. The van der Waals surface area contributed by atoms with E-state index < -0.39 is 6.09 Å². The summed E-state index contributed by atoms with van der Waals surface area (Å²) in [4.78, 5) is 18.3. The van der Waals surface area contributed by atoms with Crippen LogP contribution in [0.2, 0.25) is 0 Å². The standard InChI is InChI=1S/C20H30N4O4/c1-3-21-19(24-10-12-28-18(14-24)17-5-4-11-27-17)22-13-15-6-8-16(9-7-15)23-20(25)26-2/h6-9,17-18H,3-5,10-14H2,1-2H3,(H,21,22)(H,23,25). The molecule has 154 valence electrons. The van der Waals surface area contributed by atoms with Gasteiger partial charge >= 0.3 is 6.09 Å². The molecule has 2 saturated heterocycles. The number of methoxy groups -OCH3 is 1. The third-order valence-corrected chi connectivity index (χ3v) is 4.90. The number of nitrogens with zero attached hydrogens (tertiary/aromatic N) is 2. The average molecular weight is 390 g/mol. The Balaban J connectivity index is 1.61. The Hall–Kier alpha value is -2.32. The van der Waals surface area contributed by atoms with Gasteiger partial charge in [0.1, 0.15) is 6.10 Å². The van der Waals surface area contributed by atoms with E-state index in [1.807, 2.05) is 24.3 Å². The number of nitrogens with one attached hydrogen (secondary N) is 2. The molecule has 0 bridgehead atoms. The SMILES string of the molecule is CCNC(=NCc1ccc(NC(=O)OC)cc1)N1CCOC(C2CCCO2)C1. The molecule has 2 heterocycles. The topological polar surface area (TPSA) is 84.4 Å². The summed E-state index contributed by atoms with van der Waals surface area (Å²) in [5, 5.41) is 6.03. The predicted octanol–water partition coefficient (Wildman–Crippen LogP) is 2.21. The van der Waals surface area contributed by atoms with Crippen LogP contribution in [0.25, 0.3) is 0 Å². The molecule has 2 atom stereocenters. The summed E-state index contributed by atoms with van der Waals surface area (Å²) >= 11 is 0. The molecule has 2 fully saturated rings. The van der Waals surface area contributed by atoms with Crippen LogP contribution in [0.3, 0.4) is 0 Å². The van der Waals surface area contributed by atoms with Crippen LogP contribution in [-0.2, 0) is 20.8 Å². The van der Waals surface area contributed by atoms with Gasteiger partial charge in [0, 0.05) is 31.9 Å². The van der Waals surface area contributed by atoms with Gasteiger partial charge in [0.15, 0.2) is 5.96 Å². The van der Waals surface area contributed by atoms with Crippen molar-refractivity contribution in [3.8, 4) is 0 Å². The number of hydrogen-bond donors (Lipinski definition) is 2. The van der Waals surface area contributed by atoms with Gasteiger partial charge in [-0.05, 0) is 37.5 Å². The number of anilines is 1. The number of rotatable bonds is 5. The lowest BCUT2D eigenvalue weighted by molar-refractivity contribution is -0.0817. The van der Waals surface area contributed by atoms with Crippen molar-refractivity contribution in [2.75, 3.05) is 45.3 Å². The molecule has 8 nitrogen and oxygen atoms in total. The molecule has 2 N–H and O–H groups in total. The van der Waals surface area contributed by atoms with Crippen molar-refractivity contribution in [1.82, 2.24) is 10.2 Å². The third-order valence-electron chi connectivity index (χ3n) is 4.90. The van der Waals surface area contributed by atoms with Gasteiger partial charge in [0.05, 0.1) is 26.4 Å². The van der Waals surface area contributed by atoms with Crippen LogP contribution < -0.4 is 10.6 Å². The average Bonchev–Trinajstić information content (AvgIpc) is 3.27. The summed E-state index contributed by atoms with van der Waals surface area (Å²) in [6.07, 6.45) is 2.00. The number of hydrogen-bond acceptors (Lipinski definition) is 5. The Morgan fingerprint density at radius 3 is 2.71 bits per heavy atom. The van der Waals surface area contributed by atoms with Gasteiger partial charge in [-0.1, -0.05) is 12.1 Å². The van der Waals surface area contributed by atoms with Crippen LogP contribution in [0.4, 0.5) is 10.5 Å². The number of aliphatic imine (C=N–C) groups is 1. The van der Waals surface area contributed by atoms with Gasteiger partial charge in [0.25, 0.3) is 0 Å². The van der Waals surface area contributed by atoms with Gasteiger partial charge in [-0.3, -0.25) is 5.32 Å². The van der Waals surface area contributed by atoms with Gasteiger partial charge in [-0.25, -0.2) is 9.79 Å². The molecule has 0 aromatic heterocycles. The molecule has 0 radical (unpaired) electrons. The fourth-order valence-electron chi connectivity index (χ4n) is 3.44. The maximum absolute atomic E-state index is 11.3. The summed E-state index contributed by atoms with van der Waals surface area (Å²) in [7, 11) is 1.34. The molecule has 2 aliphatic rings. The highest BCUT2D eigenvalue weighted by molar-refractivity contribution is 5.84. The fourth-order valence-corrected chi connectivity index (χ4v) is 3.44. The highest BCUT2D eigenvalue weighted by Crippen LogP contribution is 2.21. The minimum atomic E-state index is -0.478. The first kappa shape index (κ1) is 20.4. The molecule has 8 heteroatoms. The van der Waals surface area contributed by atoms with E-state index in [-0.39, 0.29) is 12.2 Å². The highest BCUT2D eigenvalue weighted by Gasteiger charge is 2.32. The molecular weight excluding hydrogens is 360 g/mol. The van der Waals surface area contributed by atoms with Crippen molar-refractivity contribution < 1.29 is 19.0 Å². The zero-order chi connectivity index (χ0) is 19.8. The summed E-state index contributed by atoms with van der Waals surface area (Å²) in [5.41, 5.74) is 1.76. The smallest absolute Gasteiger partial charge is 0.411 e. The van der Waals surface area contributed by atoms with Crippen molar-refractivity contribution >= 4 is 17.7 Å². The van der Waals surface area contributed by atoms with Gasteiger partial charge in [-0.2, -0.15) is 0 Å². The minimum absolute atomic E-state index is 0.101. The molecule has 0 spiro atoms. The zero-order valence-corrected chi connectivity index (χ0v) is 16.6. The predicted molar refractivity (Wildman–Crippen MR) is 108 cm³/mol. The molecule has 2 aliphatic heterocycles. The van der Waals surface area contributed by atoms with E-state index in [1.54, 1.807) is 0 Å². The highest BCUT2D eigenvalue weighted by atomic mass is 16.5. The first-order valence-corrected chi connectivity index (χ1v) is 9.90. The minimum Gasteiger partial charge on any atom is -0.453 e. The Morgan fingerprint density at radius 1 is 1.25 bits per heavy atom. The second-order valence-corrected chi connectivity index (χ2v) is 6.89. The van der Waals surface area contributed by atoms with Gasteiger partial charge in [0.2, 0.25) is 0 Å². The van der Waals surface area contributed by atoms with E-state index in [9.17, 15) is 4.79 Å². The summed E-state index contributed by atoms with van der Waals surface area (Å²) in [6.45, 7) is 6.56. The van der Waals surface area contributed by atoms with Crippen molar-refractivity contribution in [1.29, 1.82) is 0 Å². The Labute approximate surface area is 166 Å². The molecule has 0 saturated carbocycles. The quantitative estimate of drug-likeness (QED) is 0.592. The van der Waals surface area contributed by atoms with Gasteiger partial charge in [-0.15, -0.1) is 0 Å². The normalized spacial score (nSPS) is 22.8. The van der Waals surface area contributed by atoms with E-state index in [0.29, 0.717) is 18.8 Å². The first-order valence-electron chi connectivity index (χ1n) is 9.90.